The van der Waals surface area contributed by atoms with Gasteiger partial charge in [0, 0.05) is 36.9 Å². The molecule has 38 heavy (non-hydrogen) atoms. The molecule has 206 valence electrons. The smallest absolute Gasteiger partial charge is 0.309 e. The zero-order valence-electron chi connectivity index (χ0n) is 22.1. The number of methoxy groups -OCH3 is 1. The molecule has 0 bridgehead atoms. The maximum absolute atomic E-state index is 13.6. The van der Waals surface area contributed by atoms with Gasteiger partial charge in [0.25, 0.3) is 0 Å². The van der Waals surface area contributed by atoms with Crippen LogP contribution in [0.2, 0.25) is 0 Å². The van der Waals surface area contributed by atoms with Gasteiger partial charge in [-0.3, -0.25) is 14.5 Å². The predicted molar refractivity (Wildman–Crippen MR) is 148 cm³/mol. The van der Waals surface area contributed by atoms with Crippen molar-refractivity contribution in [1.82, 2.24) is 9.80 Å². The van der Waals surface area contributed by atoms with Crippen molar-refractivity contribution in [3.05, 3.63) is 53.6 Å². The Labute approximate surface area is 233 Å². The molecule has 1 amide bonds. The van der Waals surface area contributed by atoms with Crippen LogP contribution in [-0.4, -0.2) is 72.2 Å². The fourth-order valence-corrected chi connectivity index (χ4v) is 5.85. The lowest BCUT2D eigenvalue weighted by atomic mass is 9.82. The number of carbonyl (C=O) groups is 2. The third-order valence-electron chi connectivity index (χ3n) is 7.45. The van der Waals surface area contributed by atoms with Crippen LogP contribution in [0.4, 0.5) is 0 Å². The third-order valence-corrected chi connectivity index (χ3v) is 8.01. The zero-order chi connectivity index (χ0) is 27.1. The molecule has 1 N–H and O–H groups in total. The van der Waals surface area contributed by atoms with Gasteiger partial charge in [-0.15, -0.1) is 0 Å². The SMILES string of the molecule is CCCCN(CCCCBr)C(=O)CN1CC(c2ccc3c(c2)OCO3)C(C(=O)O)C1c1ccc(OC)cc1. The molecular weight excluding hydrogens is 552 g/mol. The number of aliphatic carboxylic acids is 1. The van der Waals surface area contributed by atoms with Gasteiger partial charge in [-0.25, -0.2) is 0 Å². The minimum absolute atomic E-state index is 0.0435. The first kappa shape index (κ1) is 28.2. The van der Waals surface area contributed by atoms with Crippen LogP contribution < -0.4 is 14.2 Å². The molecule has 0 spiro atoms. The van der Waals surface area contributed by atoms with Crippen molar-refractivity contribution in [3.8, 4) is 17.2 Å². The highest BCUT2D eigenvalue weighted by atomic mass is 79.9. The Morgan fingerprint density at radius 3 is 2.45 bits per heavy atom. The number of carboxylic acid groups (broad SMARTS) is 1. The Hall–Kier alpha value is -2.78. The fourth-order valence-electron chi connectivity index (χ4n) is 5.45. The van der Waals surface area contributed by atoms with Crippen molar-refractivity contribution in [2.45, 2.75) is 44.6 Å². The molecule has 3 unspecified atom stereocenters. The lowest BCUT2D eigenvalue weighted by Crippen LogP contribution is -2.42. The van der Waals surface area contributed by atoms with Crippen LogP contribution >= 0.6 is 15.9 Å². The van der Waals surface area contributed by atoms with Gasteiger partial charge < -0.3 is 24.2 Å². The van der Waals surface area contributed by atoms with Crippen LogP contribution in [0.25, 0.3) is 0 Å². The molecular formula is C29H37BrN2O6. The van der Waals surface area contributed by atoms with Gasteiger partial charge in [0.15, 0.2) is 11.5 Å². The molecule has 2 aromatic rings. The van der Waals surface area contributed by atoms with Crippen LogP contribution in [0.15, 0.2) is 42.5 Å². The summed E-state index contributed by atoms with van der Waals surface area (Å²) >= 11 is 3.48. The van der Waals surface area contributed by atoms with Gasteiger partial charge in [-0.2, -0.15) is 0 Å². The molecule has 4 rings (SSSR count). The van der Waals surface area contributed by atoms with E-state index in [-0.39, 0.29) is 25.2 Å². The third kappa shape index (κ3) is 6.43. The molecule has 2 heterocycles. The average molecular weight is 590 g/mol. The predicted octanol–water partition coefficient (Wildman–Crippen LogP) is 5.07. The topological polar surface area (TPSA) is 88.5 Å². The number of carboxylic acids is 1. The van der Waals surface area contributed by atoms with Crippen molar-refractivity contribution < 1.29 is 28.9 Å². The first-order valence-electron chi connectivity index (χ1n) is 13.3. The summed E-state index contributed by atoms with van der Waals surface area (Å²) in [7, 11) is 1.60. The van der Waals surface area contributed by atoms with Gasteiger partial charge in [0.1, 0.15) is 5.75 Å². The second-order valence-corrected chi connectivity index (χ2v) is 10.7. The van der Waals surface area contributed by atoms with Gasteiger partial charge in [0.05, 0.1) is 19.6 Å². The standard InChI is InChI=1S/C29H37BrN2O6/c1-3-4-14-31(15-6-5-13-30)26(33)18-32-17-23(21-9-12-24-25(16-21)38-19-37-24)27(29(34)35)28(32)20-7-10-22(36-2)11-8-20/h7-12,16,23,27-28H,3-6,13-15,17-19H2,1-2H3,(H,34,35). The van der Waals surface area contributed by atoms with Crippen LogP contribution in [0.3, 0.4) is 0 Å². The van der Waals surface area contributed by atoms with E-state index in [4.69, 9.17) is 14.2 Å². The number of carbonyl (C=O) groups excluding carboxylic acids is 1. The zero-order valence-corrected chi connectivity index (χ0v) is 23.7. The summed E-state index contributed by atoms with van der Waals surface area (Å²) < 4.78 is 16.4. The Kier molecular flexibility index (Phi) is 9.91. The largest absolute Gasteiger partial charge is 0.497 e. The van der Waals surface area contributed by atoms with Crippen molar-refractivity contribution in [3.63, 3.8) is 0 Å². The van der Waals surface area contributed by atoms with E-state index in [1.807, 2.05) is 52.3 Å². The van der Waals surface area contributed by atoms with Crippen LogP contribution in [0.1, 0.15) is 55.7 Å². The highest BCUT2D eigenvalue weighted by molar-refractivity contribution is 9.09. The fraction of sp³-hybridized carbons (Fsp3) is 0.517. The summed E-state index contributed by atoms with van der Waals surface area (Å²) in [6.07, 6.45) is 3.88. The van der Waals surface area contributed by atoms with E-state index in [9.17, 15) is 14.7 Å². The quantitative estimate of drug-likeness (QED) is 0.258. The minimum Gasteiger partial charge on any atom is -0.497 e. The highest BCUT2D eigenvalue weighted by Gasteiger charge is 2.48. The molecule has 2 aliphatic heterocycles. The van der Waals surface area contributed by atoms with Gasteiger partial charge in [0.2, 0.25) is 12.7 Å². The van der Waals surface area contributed by atoms with E-state index in [1.54, 1.807) is 7.11 Å². The Bertz CT molecular complexity index is 1090. The molecule has 2 aliphatic rings. The second kappa shape index (κ2) is 13.3. The summed E-state index contributed by atoms with van der Waals surface area (Å²) in [5.41, 5.74) is 1.73. The van der Waals surface area contributed by atoms with E-state index >= 15 is 0 Å². The Balaban J connectivity index is 1.65. The number of amides is 1. The molecule has 0 aliphatic carbocycles. The van der Waals surface area contributed by atoms with Crippen molar-refractivity contribution >= 4 is 27.8 Å². The summed E-state index contributed by atoms with van der Waals surface area (Å²) in [4.78, 5) is 30.4. The summed E-state index contributed by atoms with van der Waals surface area (Å²) in [6, 6.07) is 12.7. The molecule has 8 nitrogen and oxygen atoms in total. The molecule has 3 atom stereocenters. The number of alkyl halides is 1. The normalized spacial score (nSPS) is 20.4. The molecule has 9 heteroatoms. The van der Waals surface area contributed by atoms with Crippen LogP contribution in [0, 0.1) is 5.92 Å². The lowest BCUT2D eigenvalue weighted by Gasteiger charge is -2.30. The number of fused-ring (bicyclic) bond motifs is 1. The Morgan fingerprint density at radius 1 is 1.05 bits per heavy atom. The first-order valence-corrected chi connectivity index (χ1v) is 14.4. The van der Waals surface area contributed by atoms with Gasteiger partial charge in [-0.05, 0) is 54.7 Å². The molecule has 0 aromatic heterocycles. The Morgan fingerprint density at radius 2 is 1.76 bits per heavy atom. The number of unbranched alkanes of at least 4 members (excludes halogenated alkanes) is 2. The minimum atomic E-state index is -0.886. The number of hydrogen-bond acceptors (Lipinski definition) is 6. The molecule has 1 fully saturated rings. The molecule has 0 saturated carbocycles. The van der Waals surface area contributed by atoms with E-state index in [0.717, 1.165) is 42.1 Å². The number of likely N-dealkylation sites (tertiary alicyclic amines) is 1. The van der Waals surface area contributed by atoms with Crippen LogP contribution in [0.5, 0.6) is 17.2 Å². The summed E-state index contributed by atoms with van der Waals surface area (Å²) in [5, 5.41) is 11.4. The van der Waals surface area contributed by atoms with Gasteiger partial charge in [-0.1, -0.05) is 47.5 Å². The molecule has 0 radical (unpaired) electrons. The van der Waals surface area contributed by atoms with Crippen molar-refractivity contribution in [1.29, 1.82) is 0 Å². The first-order chi connectivity index (χ1) is 18.5. The lowest BCUT2D eigenvalue weighted by molar-refractivity contribution is -0.144. The van der Waals surface area contributed by atoms with Crippen molar-refractivity contribution in [2.75, 3.05) is 45.4 Å². The monoisotopic (exact) mass is 588 g/mol. The highest BCUT2D eigenvalue weighted by Crippen LogP contribution is 2.47. The van der Waals surface area contributed by atoms with E-state index < -0.39 is 17.9 Å². The second-order valence-electron chi connectivity index (χ2n) is 9.86. The number of hydrogen-bond donors (Lipinski definition) is 1. The van der Waals surface area contributed by atoms with Crippen molar-refractivity contribution in [2.24, 2.45) is 5.92 Å². The maximum Gasteiger partial charge on any atom is 0.309 e. The van der Waals surface area contributed by atoms with Gasteiger partial charge >= 0.3 is 5.97 Å². The number of rotatable bonds is 13. The van der Waals surface area contributed by atoms with E-state index in [0.29, 0.717) is 36.9 Å². The molecule has 2 aromatic carbocycles. The molecule has 1 saturated heterocycles. The number of benzene rings is 2. The summed E-state index contributed by atoms with van der Waals surface area (Å²) in [6.45, 7) is 4.31. The number of nitrogens with zero attached hydrogens (tertiary/aromatic N) is 2. The number of halogens is 1. The average Bonchev–Trinajstić information content (AvgIpc) is 3.55. The maximum atomic E-state index is 13.6. The van der Waals surface area contributed by atoms with E-state index in [1.165, 1.54) is 0 Å². The number of ether oxygens (including phenoxy) is 3. The van der Waals surface area contributed by atoms with E-state index in [2.05, 4.69) is 22.9 Å². The van der Waals surface area contributed by atoms with Crippen LogP contribution in [-0.2, 0) is 9.59 Å². The summed E-state index contributed by atoms with van der Waals surface area (Å²) in [5.74, 6) is 0.0808.